The number of benzene rings is 1. The number of carbonyl (C=O) groups excluding carboxylic acids is 2. The van der Waals surface area contributed by atoms with Crippen LogP contribution >= 0.6 is 15.9 Å². The number of alkyl halides is 1. The number of esters is 1. The number of amides is 1. The molecule has 0 saturated heterocycles. The zero-order chi connectivity index (χ0) is 13.8. The largest absolute Gasteiger partial charge is 0.492 e. The van der Waals surface area contributed by atoms with E-state index >= 15 is 0 Å². The third-order valence-corrected chi connectivity index (χ3v) is 3.46. The van der Waals surface area contributed by atoms with Gasteiger partial charge in [0, 0.05) is 12.1 Å². The second-order valence-electron chi connectivity index (χ2n) is 4.17. The number of halogens is 1. The Balaban J connectivity index is 1.99. The average molecular weight is 328 g/mol. The number of ether oxygens (including phenoxy) is 2. The minimum atomic E-state index is -0.492. The van der Waals surface area contributed by atoms with E-state index in [1.165, 1.54) is 7.11 Å². The van der Waals surface area contributed by atoms with Crippen LogP contribution in [-0.2, 0) is 20.7 Å². The molecule has 1 aliphatic rings. The van der Waals surface area contributed by atoms with Gasteiger partial charge in [0.1, 0.15) is 17.2 Å². The molecule has 1 amide bonds. The van der Waals surface area contributed by atoms with Crippen molar-refractivity contribution in [1.82, 2.24) is 0 Å². The first-order valence-electron chi connectivity index (χ1n) is 5.87. The number of aryl methyl sites for hydroxylation is 1. The molecule has 1 aliphatic heterocycles. The number of carbonyl (C=O) groups is 2. The molecule has 19 heavy (non-hydrogen) atoms. The number of hydrogen-bond acceptors (Lipinski definition) is 4. The van der Waals surface area contributed by atoms with Crippen LogP contribution in [0.1, 0.15) is 12.0 Å². The number of nitrogens with one attached hydrogen (secondary N) is 1. The highest BCUT2D eigenvalue weighted by molar-refractivity contribution is 9.10. The van der Waals surface area contributed by atoms with Gasteiger partial charge in [-0.25, -0.2) is 0 Å². The second-order valence-corrected chi connectivity index (χ2v) is 5.27. The molecule has 0 saturated carbocycles. The van der Waals surface area contributed by atoms with Gasteiger partial charge >= 0.3 is 5.97 Å². The van der Waals surface area contributed by atoms with Crippen molar-refractivity contribution < 1.29 is 19.1 Å². The molecular formula is C13H14BrNO4. The highest BCUT2D eigenvalue weighted by Crippen LogP contribution is 2.27. The Morgan fingerprint density at radius 3 is 3.00 bits per heavy atom. The summed E-state index contributed by atoms with van der Waals surface area (Å²) in [6, 6.07) is 5.45. The molecule has 0 spiro atoms. The van der Waals surface area contributed by atoms with Crippen LogP contribution in [0.4, 0.5) is 5.69 Å². The van der Waals surface area contributed by atoms with Gasteiger partial charge in [0.2, 0.25) is 5.91 Å². The Kier molecular flexibility index (Phi) is 4.42. The minimum Gasteiger partial charge on any atom is -0.492 e. The predicted octanol–water partition coefficient (Wildman–Crippen LogP) is 1.89. The number of rotatable bonds is 4. The molecule has 5 nitrogen and oxygen atoms in total. The Morgan fingerprint density at radius 2 is 2.26 bits per heavy atom. The second kappa shape index (κ2) is 6.06. The summed E-state index contributed by atoms with van der Waals surface area (Å²) in [7, 11) is 1.33. The minimum absolute atomic E-state index is 0.0346. The molecule has 6 heteroatoms. The van der Waals surface area contributed by atoms with Crippen LogP contribution in [0, 0.1) is 0 Å². The highest BCUT2D eigenvalue weighted by Gasteiger charge is 2.18. The standard InChI is InChI=1S/C13H14BrNO4/c1-18-13(17)10(14)7-19-9-3-4-11-8(6-9)2-5-12(16)15-11/h3-4,6,10H,2,5,7H2,1H3,(H,15,16). The van der Waals surface area contributed by atoms with Crippen LogP contribution in [-0.4, -0.2) is 30.4 Å². The zero-order valence-electron chi connectivity index (χ0n) is 10.4. The van der Waals surface area contributed by atoms with Crippen LogP contribution in [0.3, 0.4) is 0 Å². The summed E-state index contributed by atoms with van der Waals surface area (Å²) in [4.78, 5) is 21.9. The number of anilines is 1. The maximum Gasteiger partial charge on any atom is 0.322 e. The lowest BCUT2D eigenvalue weighted by Gasteiger charge is -2.18. The lowest BCUT2D eigenvalue weighted by atomic mass is 10.0. The van der Waals surface area contributed by atoms with Crippen molar-refractivity contribution >= 4 is 33.5 Å². The van der Waals surface area contributed by atoms with Gasteiger partial charge in [-0.05, 0) is 30.2 Å². The lowest BCUT2D eigenvalue weighted by molar-refractivity contribution is -0.140. The zero-order valence-corrected chi connectivity index (χ0v) is 12.0. The van der Waals surface area contributed by atoms with Gasteiger partial charge in [-0.1, -0.05) is 15.9 Å². The van der Waals surface area contributed by atoms with Crippen LogP contribution in [0.25, 0.3) is 0 Å². The highest BCUT2D eigenvalue weighted by atomic mass is 79.9. The first-order chi connectivity index (χ1) is 9.10. The Hall–Kier alpha value is -1.56. The normalized spacial score (nSPS) is 15.2. The molecule has 0 bridgehead atoms. The van der Waals surface area contributed by atoms with Crippen molar-refractivity contribution in [3.63, 3.8) is 0 Å². The van der Waals surface area contributed by atoms with Gasteiger partial charge in [-0.3, -0.25) is 9.59 Å². The molecule has 1 aromatic rings. The number of hydrogen-bond donors (Lipinski definition) is 1. The fourth-order valence-electron chi connectivity index (χ4n) is 1.81. The predicted molar refractivity (Wildman–Crippen MR) is 73.6 cm³/mol. The molecule has 1 unspecified atom stereocenters. The van der Waals surface area contributed by atoms with E-state index in [1.54, 1.807) is 6.07 Å². The number of fused-ring (bicyclic) bond motifs is 1. The van der Waals surface area contributed by atoms with E-state index in [9.17, 15) is 9.59 Å². The maximum atomic E-state index is 11.2. The Bertz CT molecular complexity index is 503. The van der Waals surface area contributed by atoms with E-state index in [0.29, 0.717) is 18.6 Å². The molecule has 0 fully saturated rings. The first-order valence-corrected chi connectivity index (χ1v) is 6.79. The summed E-state index contributed by atoms with van der Waals surface area (Å²) in [5.74, 6) is 0.334. The molecule has 1 heterocycles. The molecule has 102 valence electrons. The van der Waals surface area contributed by atoms with E-state index in [-0.39, 0.29) is 18.5 Å². The molecule has 1 atom stereocenters. The smallest absolute Gasteiger partial charge is 0.322 e. The summed E-state index contributed by atoms with van der Waals surface area (Å²) < 4.78 is 10.1. The molecule has 2 rings (SSSR count). The fraction of sp³-hybridized carbons (Fsp3) is 0.385. The van der Waals surface area contributed by atoms with Gasteiger partial charge in [0.25, 0.3) is 0 Å². The molecule has 0 radical (unpaired) electrons. The summed E-state index contributed by atoms with van der Waals surface area (Å²) in [6.45, 7) is 0.192. The SMILES string of the molecule is COC(=O)C(Br)COc1ccc2c(c1)CCC(=O)N2. The van der Waals surface area contributed by atoms with Crippen LogP contribution in [0.15, 0.2) is 18.2 Å². The van der Waals surface area contributed by atoms with Crippen molar-refractivity contribution in [2.45, 2.75) is 17.7 Å². The van der Waals surface area contributed by atoms with Gasteiger partial charge < -0.3 is 14.8 Å². The molecule has 1 N–H and O–H groups in total. The summed E-state index contributed by atoms with van der Waals surface area (Å²) in [5, 5.41) is 2.80. The quantitative estimate of drug-likeness (QED) is 0.677. The topological polar surface area (TPSA) is 64.6 Å². The maximum absolute atomic E-state index is 11.2. The molecule has 0 aromatic heterocycles. The molecule has 1 aromatic carbocycles. The van der Waals surface area contributed by atoms with Gasteiger partial charge in [0.15, 0.2) is 0 Å². The van der Waals surface area contributed by atoms with E-state index in [1.807, 2.05) is 12.1 Å². The monoisotopic (exact) mass is 327 g/mol. The van der Waals surface area contributed by atoms with Crippen molar-refractivity contribution in [2.75, 3.05) is 19.0 Å². The number of methoxy groups -OCH3 is 1. The molecular weight excluding hydrogens is 314 g/mol. The lowest BCUT2D eigenvalue weighted by Crippen LogP contribution is -2.23. The van der Waals surface area contributed by atoms with Crippen molar-refractivity contribution in [3.05, 3.63) is 23.8 Å². The van der Waals surface area contributed by atoms with Crippen molar-refractivity contribution in [1.29, 1.82) is 0 Å². The Labute approximate surface area is 119 Å². The van der Waals surface area contributed by atoms with E-state index in [0.717, 1.165) is 11.3 Å². The summed E-state index contributed by atoms with van der Waals surface area (Å²) in [6.07, 6.45) is 1.19. The van der Waals surface area contributed by atoms with E-state index < -0.39 is 4.83 Å². The van der Waals surface area contributed by atoms with Crippen molar-refractivity contribution in [3.8, 4) is 5.75 Å². The van der Waals surface area contributed by atoms with Crippen LogP contribution in [0.5, 0.6) is 5.75 Å². The molecule has 0 aliphatic carbocycles. The summed E-state index contributed by atoms with van der Waals surface area (Å²) >= 11 is 3.19. The third-order valence-electron chi connectivity index (χ3n) is 2.83. The van der Waals surface area contributed by atoms with E-state index in [2.05, 4.69) is 26.0 Å². The van der Waals surface area contributed by atoms with E-state index in [4.69, 9.17) is 4.74 Å². The Morgan fingerprint density at radius 1 is 1.47 bits per heavy atom. The average Bonchev–Trinajstić information content (AvgIpc) is 2.43. The first kappa shape index (κ1) is 13.9. The van der Waals surface area contributed by atoms with Crippen LogP contribution in [0.2, 0.25) is 0 Å². The van der Waals surface area contributed by atoms with Crippen molar-refractivity contribution in [2.24, 2.45) is 0 Å². The summed E-state index contributed by atoms with van der Waals surface area (Å²) in [5.41, 5.74) is 1.87. The fourth-order valence-corrected chi connectivity index (χ4v) is 2.13. The van der Waals surface area contributed by atoms with Gasteiger partial charge in [-0.2, -0.15) is 0 Å². The van der Waals surface area contributed by atoms with Gasteiger partial charge in [-0.15, -0.1) is 0 Å². The third kappa shape index (κ3) is 3.47. The van der Waals surface area contributed by atoms with Crippen LogP contribution < -0.4 is 10.1 Å². The van der Waals surface area contributed by atoms with Gasteiger partial charge in [0.05, 0.1) is 7.11 Å².